The van der Waals surface area contributed by atoms with Gasteiger partial charge >= 0.3 is 0 Å². The molecular formula is C54H35BFN3. The minimum Gasteiger partial charge on any atom is -0.311 e. The molecule has 0 N–H and O–H groups in total. The molecular weight excluding hydrogens is 720 g/mol. The maximum Gasteiger partial charge on any atom is 0.252 e. The molecule has 3 nitrogen and oxygen atoms in total. The number of para-hydroxylation sites is 6. The molecule has 0 saturated carbocycles. The van der Waals surface area contributed by atoms with Crippen LogP contribution in [0.3, 0.4) is 0 Å². The van der Waals surface area contributed by atoms with E-state index in [4.69, 9.17) is 0 Å². The molecule has 0 radical (unpaired) electrons. The highest BCUT2D eigenvalue weighted by Gasteiger charge is 2.43. The van der Waals surface area contributed by atoms with Crippen LogP contribution >= 0.6 is 0 Å². The Labute approximate surface area is 342 Å². The smallest absolute Gasteiger partial charge is 0.252 e. The first kappa shape index (κ1) is 33.5. The second-order valence-electron chi connectivity index (χ2n) is 15.4. The van der Waals surface area contributed by atoms with Gasteiger partial charge in [-0.25, -0.2) is 4.39 Å². The van der Waals surface area contributed by atoms with Gasteiger partial charge in [-0.05, 0) is 76.5 Å². The molecule has 1 aromatic heterocycles. The van der Waals surface area contributed by atoms with Crippen molar-refractivity contribution in [3.63, 3.8) is 0 Å². The lowest BCUT2D eigenvalue weighted by molar-refractivity contribution is 0.631. The van der Waals surface area contributed by atoms with Crippen LogP contribution in [0, 0.1) is 5.82 Å². The van der Waals surface area contributed by atoms with Gasteiger partial charge in [-0.15, -0.1) is 0 Å². The third-order valence-electron chi connectivity index (χ3n) is 12.2. The zero-order valence-corrected chi connectivity index (χ0v) is 32.0. The Morgan fingerprint density at radius 3 is 1.39 bits per heavy atom. The molecule has 5 heteroatoms. The fraction of sp³-hybridized carbons (Fsp3) is 0. The normalized spacial score (nSPS) is 12.7. The minimum atomic E-state index is -0.248. The molecule has 0 bridgehead atoms. The summed E-state index contributed by atoms with van der Waals surface area (Å²) in [5.74, 6) is -0.248. The van der Waals surface area contributed by atoms with E-state index in [-0.39, 0.29) is 12.5 Å². The first-order chi connectivity index (χ1) is 29.2. The number of hydrogen-bond donors (Lipinski definition) is 0. The molecule has 2 aliphatic heterocycles. The van der Waals surface area contributed by atoms with Gasteiger partial charge in [0.05, 0.1) is 16.7 Å². The van der Waals surface area contributed by atoms with Crippen LogP contribution in [0.2, 0.25) is 0 Å². The topological polar surface area (TPSA) is 11.4 Å². The van der Waals surface area contributed by atoms with Crippen molar-refractivity contribution >= 4 is 79.0 Å². The molecule has 0 unspecified atom stereocenters. The summed E-state index contributed by atoms with van der Waals surface area (Å²) < 4.78 is 18.5. The largest absolute Gasteiger partial charge is 0.311 e. The molecule has 59 heavy (non-hydrogen) atoms. The highest BCUT2D eigenvalue weighted by molar-refractivity contribution is 7.00. The Morgan fingerprint density at radius 1 is 0.356 bits per heavy atom. The van der Waals surface area contributed by atoms with Gasteiger partial charge in [-0.1, -0.05) is 158 Å². The Morgan fingerprint density at radius 2 is 0.814 bits per heavy atom. The average Bonchev–Trinajstić information content (AvgIpc) is 3.65. The molecule has 0 atom stereocenters. The van der Waals surface area contributed by atoms with Crippen molar-refractivity contribution in [2.75, 3.05) is 9.80 Å². The molecule has 0 fully saturated rings. The summed E-state index contributed by atoms with van der Waals surface area (Å²) >= 11 is 0. The van der Waals surface area contributed by atoms with E-state index < -0.39 is 0 Å². The van der Waals surface area contributed by atoms with E-state index in [0.717, 1.165) is 78.3 Å². The molecule has 0 saturated heterocycles. The van der Waals surface area contributed by atoms with Gasteiger partial charge in [-0.2, -0.15) is 0 Å². The van der Waals surface area contributed by atoms with Gasteiger partial charge in [0, 0.05) is 61.6 Å². The third kappa shape index (κ3) is 5.01. The molecule has 0 aliphatic carbocycles. The quantitative estimate of drug-likeness (QED) is 0.162. The van der Waals surface area contributed by atoms with Crippen molar-refractivity contribution < 1.29 is 4.39 Å². The standard InChI is InChI=1S/C54H35BFN3/c56-47-31-13-10-24-41(47)42-26-17-28-44-43-27-16-25-40(36-18-4-1-5-19-36)53(43)59(54(42)44)39-34-50-52-51(35-39)58(38-22-8-3-9-23-38)49-33-15-12-30-46(49)55(52)45-29-11-14-32-48(45)57(50)37-20-6-2-7-21-37/h1-35H. The summed E-state index contributed by atoms with van der Waals surface area (Å²) in [6.07, 6.45) is 0. The van der Waals surface area contributed by atoms with Gasteiger partial charge in [0.2, 0.25) is 0 Å². The first-order valence-corrected chi connectivity index (χ1v) is 20.2. The van der Waals surface area contributed by atoms with E-state index in [2.05, 4.69) is 202 Å². The highest BCUT2D eigenvalue weighted by Crippen LogP contribution is 2.48. The molecule has 9 aromatic carbocycles. The number of fused-ring (bicyclic) bond motifs is 7. The fourth-order valence-electron chi connectivity index (χ4n) is 9.84. The van der Waals surface area contributed by atoms with Gasteiger partial charge in [0.15, 0.2) is 0 Å². The van der Waals surface area contributed by atoms with Gasteiger partial charge in [0.1, 0.15) is 5.82 Å². The third-order valence-corrected chi connectivity index (χ3v) is 12.2. The Balaban J connectivity index is 1.28. The molecule has 10 aromatic rings. The van der Waals surface area contributed by atoms with E-state index in [1.54, 1.807) is 12.1 Å². The lowest BCUT2D eigenvalue weighted by atomic mass is 9.33. The maximum absolute atomic E-state index is 16.1. The summed E-state index contributed by atoms with van der Waals surface area (Å²) in [5.41, 5.74) is 17.2. The summed E-state index contributed by atoms with van der Waals surface area (Å²) in [4.78, 5) is 4.88. The zero-order valence-electron chi connectivity index (χ0n) is 32.0. The first-order valence-electron chi connectivity index (χ1n) is 20.2. The Kier molecular flexibility index (Phi) is 7.51. The number of halogens is 1. The molecule has 3 heterocycles. The fourth-order valence-corrected chi connectivity index (χ4v) is 9.84. The molecule has 0 spiro atoms. The summed E-state index contributed by atoms with van der Waals surface area (Å²) in [6, 6.07) is 74.6. The second kappa shape index (κ2) is 13.2. The van der Waals surface area contributed by atoms with Gasteiger partial charge in [0.25, 0.3) is 6.71 Å². The van der Waals surface area contributed by atoms with Crippen molar-refractivity contribution in [3.05, 3.63) is 218 Å². The van der Waals surface area contributed by atoms with Gasteiger partial charge < -0.3 is 14.4 Å². The summed E-state index contributed by atoms with van der Waals surface area (Å²) in [7, 11) is 0. The molecule has 12 rings (SSSR count). The number of anilines is 6. The average molecular weight is 756 g/mol. The number of nitrogens with zero attached hydrogens (tertiary/aromatic N) is 3. The Hall–Kier alpha value is -7.63. The van der Waals surface area contributed by atoms with Crippen molar-refractivity contribution in [2.45, 2.75) is 0 Å². The molecule has 0 amide bonds. The van der Waals surface area contributed by atoms with Crippen molar-refractivity contribution in [1.82, 2.24) is 4.57 Å². The SMILES string of the molecule is Fc1ccccc1-c1cccc2c3cccc(-c4ccccc4)c3n(-c3cc4c5c(c3)N(c3ccccc3)c3ccccc3B5c3ccccc3N4c3ccccc3)c12. The highest BCUT2D eigenvalue weighted by atomic mass is 19.1. The van der Waals surface area contributed by atoms with Crippen molar-refractivity contribution in [2.24, 2.45) is 0 Å². The molecule has 276 valence electrons. The van der Waals surface area contributed by atoms with E-state index >= 15 is 4.39 Å². The minimum absolute atomic E-state index is 0.00613. The van der Waals surface area contributed by atoms with E-state index in [9.17, 15) is 0 Å². The lowest BCUT2D eigenvalue weighted by Crippen LogP contribution is -2.61. The maximum atomic E-state index is 16.1. The van der Waals surface area contributed by atoms with Crippen LogP contribution in [0.15, 0.2) is 212 Å². The van der Waals surface area contributed by atoms with Crippen LogP contribution in [0.25, 0.3) is 49.7 Å². The van der Waals surface area contributed by atoms with Crippen LogP contribution < -0.4 is 26.2 Å². The van der Waals surface area contributed by atoms with Crippen molar-refractivity contribution in [3.8, 4) is 27.9 Å². The predicted molar refractivity (Wildman–Crippen MR) is 246 cm³/mol. The lowest BCUT2D eigenvalue weighted by Gasteiger charge is -2.44. The van der Waals surface area contributed by atoms with Crippen LogP contribution in [-0.4, -0.2) is 11.3 Å². The zero-order chi connectivity index (χ0) is 39.0. The van der Waals surface area contributed by atoms with Gasteiger partial charge in [-0.3, -0.25) is 0 Å². The summed E-state index contributed by atoms with van der Waals surface area (Å²) in [6.45, 7) is -0.00613. The molecule has 2 aliphatic rings. The van der Waals surface area contributed by atoms with E-state index in [1.165, 1.54) is 16.4 Å². The predicted octanol–water partition coefficient (Wildman–Crippen LogP) is 12.3. The number of aromatic nitrogens is 1. The number of rotatable bonds is 5. The summed E-state index contributed by atoms with van der Waals surface area (Å²) in [5, 5.41) is 2.18. The van der Waals surface area contributed by atoms with Crippen LogP contribution in [-0.2, 0) is 0 Å². The number of hydrogen-bond acceptors (Lipinski definition) is 2. The van der Waals surface area contributed by atoms with E-state index in [1.807, 2.05) is 12.1 Å². The Bertz CT molecular complexity index is 3140. The van der Waals surface area contributed by atoms with E-state index in [0.29, 0.717) is 5.56 Å². The van der Waals surface area contributed by atoms with Crippen LogP contribution in [0.4, 0.5) is 38.5 Å². The van der Waals surface area contributed by atoms with Crippen molar-refractivity contribution in [1.29, 1.82) is 0 Å². The second-order valence-corrected chi connectivity index (χ2v) is 15.4. The van der Waals surface area contributed by atoms with Crippen LogP contribution in [0.5, 0.6) is 0 Å². The van der Waals surface area contributed by atoms with Crippen LogP contribution in [0.1, 0.15) is 0 Å². The number of benzene rings is 9. The monoisotopic (exact) mass is 755 g/mol.